The Morgan fingerprint density at radius 3 is 2.19 bits per heavy atom. The van der Waals surface area contributed by atoms with E-state index in [1.807, 2.05) is 0 Å². The van der Waals surface area contributed by atoms with Gasteiger partial charge >= 0.3 is 0 Å². The number of aromatic nitrogens is 2. The molecule has 0 aliphatic carbocycles. The molecule has 0 N–H and O–H groups in total. The molecule has 16 heavy (non-hydrogen) atoms. The third-order valence-corrected chi connectivity index (χ3v) is 2.95. The van der Waals surface area contributed by atoms with Gasteiger partial charge in [-0.05, 0) is 12.1 Å². The van der Waals surface area contributed by atoms with Crippen molar-refractivity contribution >= 4 is 34.8 Å². The third kappa shape index (κ3) is 2.26. The number of rotatable bonds is 1. The molecular formula is C10H4Cl3FN2. The Morgan fingerprint density at radius 2 is 1.62 bits per heavy atom. The van der Waals surface area contributed by atoms with Crippen molar-refractivity contribution < 1.29 is 4.39 Å². The summed E-state index contributed by atoms with van der Waals surface area (Å²) in [7, 11) is 0. The molecule has 6 heteroatoms. The second-order valence-corrected chi connectivity index (χ2v) is 4.05. The first-order valence-electron chi connectivity index (χ1n) is 4.22. The maximum Gasteiger partial charge on any atom is 0.162 e. The largest absolute Gasteiger partial charge is 0.215 e. The van der Waals surface area contributed by atoms with Crippen LogP contribution in [0.3, 0.4) is 0 Å². The average Bonchev–Trinajstić information content (AvgIpc) is 2.25. The van der Waals surface area contributed by atoms with E-state index in [-0.39, 0.29) is 27.0 Å². The fourth-order valence-corrected chi connectivity index (χ4v) is 1.62. The van der Waals surface area contributed by atoms with E-state index in [1.54, 1.807) is 12.1 Å². The van der Waals surface area contributed by atoms with Crippen molar-refractivity contribution in [1.29, 1.82) is 0 Å². The zero-order valence-corrected chi connectivity index (χ0v) is 9.98. The Bertz CT molecular complexity index is 522. The molecule has 0 bridgehead atoms. The summed E-state index contributed by atoms with van der Waals surface area (Å²) in [6.07, 6.45) is 0. The molecule has 0 saturated carbocycles. The SMILES string of the molecule is Fc1cccc(-c2nc(Cl)c(Cl)c(Cl)n2)c1. The summed E-state index contributed by atoms with van der Waals surface area (Å²) in [5.41, 5.74) is 0.487. The standard InChI is InChI=1S/C10H4Cl3FN2/c11-7-8(12)15-10(16-9(7)13)5-2-1-3-6(14)4-5/h1-4H. The molecule has 0 unspecified atom stereocenters. The van der Waals surface area contributed by atoms with Gasteiger partial charge in [-0.15, -0.1) is 0 Å². The van der Waals surface area contributed by atoms with Gasteiger partial charge in [0, 0.05) is 5.56 Å². The normalized spacial score (nSPS) is 10.5. The third-order valence-electron chi connectivity index (χ3n) is 1.85. The summed E-state index contributed by atoms with van der Waals surface area (Å²) in [5, 5.41) is 0.172. The topological polar surface area (TPSA) is 25.8 Å². The van der Waals surface area contributed by atoms with Crippen LogP contribution in [0.5, 0.6) is 0 Å². The lowest BCUT2D eigenvalue weighted by Crippen LogP contribution is -1.92. The first kappa shape index (κ1) is 11.6. The zero-order chi connectivity index (χ0) is 11.7. The Hall–Kier alpha value is -0.900. The predicted octanol–water partition coefficient (Wildman–Crippen LogP) is 4.24. The van der Waals surface area contributed by atoms with Crippen molar-refractivity contribution in [3.63, 3.8) is 0 Å². The highest BCUT2D eigenvalue weighted by Crippen LogP contribution is 2.29. The lowest BCUT2D eigenvalue weighted by molar-refractivity contribution is 0.628. The van der Waals surface area contributed by atoms with Crippen LogP contribution in [-0.2, 0) is 0 Å². The maximum absolute atomic E-state index is 13.0. The molecule has 0 aliphatic heterocycles. The second kappa shape index (κ2) is 4.53. The molecule has 1 heterocycles. The molecule has 2 aromatic rings. The van der Waals surface area contributed by atoms with Crippen molar-refractivity contribution in [2.75, 3.05) is 0 Å². The van der Waals surface area contributed by atoms with Crippen molar-refractivity contribution in [3.05, 3.63) is 45.4 Å². The molecule has 0 spiro atoms. The summed E-state index contributed by atoms with van der Waals surface area (Å²) in [5.74, 6) is -0.151. The van der Waals surface area contributed by atoms with Crippen molar-refractivity contribution in [2.45, 2.75) is 0 Å². The van der Waals surface area contributed by atoms with Crippen molar-refractivity contribution in [1.82, 2.24) is 9.97 Å². The van der Waals surface area contributed by atoms with E-state index in [1.165, 1.54) is 12.1 Å². The monoisotopic (exact) mass is 276 g/mol. The molecular weight excluding hydrogens is 273 g/mol. The Kier molecular flexibility index (Phi) is 3.28. The van der Waals surface area contributed by atoms with Gasteiger partial charge in [0.2, 0.25) is 0 Å². The molecule has 2 nitrogen and oxygen atoms in total. The fraction of sp³-hybridized carbons (Fsp3) is 0. The summed E-state index contributed by atoms with van der Waals surface area (Å²) in [6, 6.07) is 5.81. The van der Waals surface area contributed by atoms with Gasteiger partial charge in [0.25, 0.3) is 0 Å². The van der Waals surface area contributed by atoms with E-state index in [4.69, 9.17) is 34.8 Å². The molecule has 1 aromatic carbocycles. The van der Waals surface area contributed by atoms with Gasteiger partial charge in [-0.25, -0.2) is 14.4 Å². The van der Waals surface area contributed by atoms with E-state index >= 15 is 0 Å². The molecule has 2 rings (SSSR count). The van der Waals surface area contributed by atoms with Crippen LogP contribution >= 0.6 is 34.8 Å². The van der Waals surface area contributed by atoms with Gasteiger partial charge in [-0.1, -0.05) is 46.9 Å². The zero-order valence-electron chi connectivity index (χ0n) is 7.72. The second-order valence-electron chi connectivity index (χ2n) is 2.95. The summed E-state index contributed by atoms with van der Waals surface area (Å²) >= 11 is 17.2. The van der Waals surface area contributed by atoms with Crippen LogP contribution in [0.1, 0.15) is 0 Å². The predicted molar refractivity (Wildman–Crippen MR) is 62.5 cm³/mol. The van der Waals surface area contributed by atoms with Gasteiger partial charge in [-0.3, -0.25) is 0 Å². The van der Waals surface area contributed by atoms with E-state index in [0.29, 0.717) is 5.56 Å². The first-order valence-corrected chi connectivity index (χ1v) is 5.36. The number of hydrogen-bond donors (Lipinski definition) is 0. The summed E-state index contributed by atoms with van der Waals surface area (Å²) in [4.78, 5) is 7.83. The lowest BCUT2D eigenvalue weighted by atomic mass is 10.2. The van der Waals surface area contributed by atoms with Crippen LogP contribution in [0.4, 0.5) is 4.39 Å². The van der Waals surface area contributed by atoms with Crippen LogP contribution in [0.2, 0.25) is 15.3 Å². The number of nitrogens with zero attached hydrogens (tertiary/aromatic N) is 2. The summed E-state index contributed by atoms with van der Waals surface area (Å²) in [6.45, 7) is 0. The minimum absolute atomic E-state index is 0.0425. The van der Waals surface area contributed by atoms with Crippen LogP contribution < -0.4 is 0 Å². The minimum atomic E-state index is -0.386. The van der Waals surface area contributed by atoms with Gasteiger partial charge in [0.05, 0.1) is 0 Å². The number of benzene rings is 1. The van der Waals surface area contributed by atoms with Crippen LogP contribution in [0.25, 0.3) is 11.4 Å². The van der Waals surface area contributed by atoms with E-state index in [0.717, 1.165) is 0 Å². The highest BCUT2D eigenvalue weighted by molar-refractivity contribution is 6.46. The highest BCUT2D eigenvalue weighted by atomic mass is 35.5. The maximum atomic E-state index is 13.0. The van der Waals surface area contributed by atoms with Gasteiger partial charge in [0.1, 0.15) is 10.8 Å². The minimum Gasteiger partial charge on any atom is -0.215 e. The fourth-order valence-electron chi connectivity index (χ4n) is 1.15. The molecule has 0 aliphatic rings. The van der Waals surface area contributed by atoms with Crippen molar-refractivity contribution in [3.8, 4) is 11.4 Å². The quantitative estimate of drug-likeness (QED) is 0.729. The van der Waals surface area contributed by atoms with Gasteiger partial charge in [0.15, 0.2) is 16.1 Å². The number of halogens is 4. The molecule has 0 radical (unpaired) electrons. The smallest absolute Gasteiger partial charge is 0.162 e. The Labute approximate surface area is 106 Å². The summed E-state index contributed by atoms with van der Waals surface area (Å²) < 4.78 is 13.0. The van der Waals surface area contributed by atoms with E-state index in [2.05, 4.69) is 9.97 Å². The highest BCUT2D eigenvalue weighted by Gasteiger charge is 2.11. The Morgan fingerprint density at radius 1 is 1.00 bits per heavy atom. The van der Waals surface area contributed by atoms with Crippen molar-refractivity contribution in [2.24, 2.45) is 0 Å². The lowest BCUT2D eigenvalue weighted by Gasteiger charge is -2.03. The number of hydrogen-bond acceptors (Lipinski definition) is 2. The molecule has 0 saturated heterocycles. The van der Waals surface area contributed by atoms with E-state index in [9.17, 15) is 4.39 Å². The molecule has 0 amide bonds. The molecule has 1 aromatic heterocycles. The van der Waals surface area contributed by atoms with Crippen LogP contribution in [0, 0.1) is 5.82 Å². The Balaban J connectivity index is 2.57. The molecule has 82 valence electrons. The first-order chi connectivity index (χ1) is 7.58. The van der Waals surface area contributed by atoms with Crippen LogP contribution in [-0.4, -0.2) is 9.97 Å². The molecule has 0 atom stereocenters. The van der Waals surface area contributed by atoms with Crippen LogP contribution in [0.15, 0.2) is 24.3 Å². The van der Waals surface area contributed by atoms with Gasteiger partial charge < -0.3 is 0 Å². The average molecular weight is 278 g/mol. The van der Waals surface area contributed by atoms with Gasteiger partial charge in [-0.2, -0.15) is 0 Å². The van der Waals surface area contributed by atoms with E-state index < -0.39 is 0 Å². The molecule has 0 fully saturated rings.